The number of aromatic nitrogens is 2. The van der Waals surface area contributed by atoms with Crippen molar-refractivity contribution in [1.29, 1.82) is 0 Å². The van der Waals surface area contributed by atoms with Crippen molar-refractivity contribution in [1.82, 2.24) is 14.7 Å². The van der Waals surface area contributed by atoms with Crippen molar-refractivity contribution in [2.24, 2.45) is 0 Å². The minimum atomic E-state index is -1.05. The summed E-state index contributed by atoms with van der Waals surface area (Å²) in [4.78, 5) is 24.6. The first kappa shape index (κ1) is 15.9. The molecule has 0 bridgehead atoms. The van der Waals surface area contributed by atoms with Crippen LogP contribution in [-0.2, 0) is 14.3 Å². The Labute approximate surface area is 138 Å². The van der Waals surface area contributed by atoms with Gasteiger partial charge in [-0.2, -0.15) is 5.10 Å². The number of benzene rings is 1. The predicted octanol–water partition coefficient (Wildman–Crippen LogP) is 1.20. The standard InChI is InChI=1S/C17H17N3O4/c21-16(19-8-9-24-15(12-19)17(22)23)7-6-13-10-18-20(11-13)14-4-2-1-3-5-14/h1-7,10-11,15H,8-9,12H2,(H,22,23)/b7-6+. The Bertz CT molecular complexity index is 754. The summed E-state index contributed by atoms with van der Waals surface area (Å²) in [5.41, 5.74) is 1.72. The number of amides is 1. The van der Waals surface area contributed by atoms with E-state index in [1.54, 1.807) is 17.0 Å². The monoisotopic (exact) mass is 327 g/mol. The van der Waals surface area contributed by atoms with Crippen molar-refractivity contribution in [3.8, 4) is 5.69 Å². The molecule has 1 aromatic carbocycles. The molecule has 0 radical (unpaired) electrons. The van der Waals surface area contributed by atoms with Gasteiger partial charge in [0.05, 0.1) is 25.0 Å². The van der Waals surface area contributed by atoms with Crippen LogP contribution in [-0.4, -0.2) is 57.5 Å². The second kappa shape index (κ2) is 7.10. The van der Waals surface area contributed by atoms with Crippen LogP contribution in [0.1, 0.15) is 5.56 Å². The van der Waals surface area contributed by atoms with Crippen LogP contribution in [0, 0.1) is 0 Å². The Balaban J connectivity index is 1.64. The molecule has 1 fully saturated rings. The van der Waals surface area contributed by atoms with Crippen LogP contribution in [0.25, 0.3) is 11.8 Å². The molecule has 1 amide bonds. The first-order valence-electron chi connectivity index (χ1n) is 7.55. The van der Waals surface area contributed by atoms with E-state index in [0.29, 0.717) is 6.54 Å². The predicted molar refractivity (Wildman–Crippen MR) is 86.6 cm³/mol. The summed E-state index contributed by atoms with van der Waals surface area (Å²) in [6.45, 7) is 0.667. The van der Waals surface area contributed by atoms with Gasteiger partial charge in [0.1, 0.15) is 0 Å². The van der Waals surface area contributed by atoms with Gasteiger partial charge in [0, 0.05) is 24.4 Å². The lowest BCUT2D eigenvalue weighted by atomic mass is 10.2. The molecular formula is C17H17N3O4. The van der Waals surface area contributed by atoms with Crippen molar-refractivity contribution in [3.63, 3.8) is 0 Å². The molecule has 1 N–H and O–H groups in total. The van der Waals surface area contributed by atoms with E-state index in [1.165, 1.54) is 11.0 Å². The fourth-order valence-corrected chi connectivity index (χ4v) is 2.42. The van der Waals surface area contributed by atoms with Crippen LogP contribution >= 0.6 is 0 Å². The number of morpholine rings is 1. The number of aliphatic carboxylic acids is 1. The van der Waals surface area contributed by atoms with Gasteiger partial charge in [-0.3, -0.25) is 4.79 Å². The normalized spacial score (nSPS) is 18.0. The number of carboxylic acid groups (broad SMARTS) is 1. The number of carbonyl (C=O) groups excluding carboxylic acids is 1. The third-order valence-corrected chi connectivity index (χ3v) is 3.70. The van der Waals surface area contributed by atoms with Gasteiger partial charge in [-0.15, -0.1) is 0 Å². The lowest BCUT2D eigenvalue weighted by Crippen LogP contribution is -2.48. The van der Waals surface area contributed by atoms with Crippen LogP contribution in [0.5, 0.6) is 0 Å². The number of carboxylic acids is 1. The summed E-state index contributed by atoms with van der Waals surface area (Å²) in [5, 5.41) is 13.2. The fourth-order valence-electron chi connectivity index (χ4n) is 2.42. The molecular weight excluding hydrogens is 310 g/mol. The highest BCUT2D eigenvalue weighted by Gasteiger charge is 2.27. The zero-order valence-electron chi connectivity index (χ0n) is 12.9. The van der Waals surface area contributed by atoms with E-state index in [0.717, 1.165) is 11.3 Å². The molecule has 3 rings (SSSR count). The number of ether oxygens (including phenoxy) is 1. The summed E-state index contributed by atoms with van der Waals surface area (Å²) in [7, 11) is 0. The Kier molecular flexibility index (Phi) is 4.72. The third kappa shape index (κ3) is 3.69. The van der Waals surface area contributed by atoms with E-state index in [4.69, 9.17) is 9.84 Å². The van der Waals surface area contributed by atoms with Gasteiger partial charge < -0.3 is 14.7 Å². The largest absolute Gasteiger partial charge is 0.479 e. The summed E-state index contributed by atoms with van der Waals surface area (Å²) in [6.07, 6.45) is 5.61. The SMILES string of the molecule is O=C(O)C1CN(C(=O)/C=C/c2cnn(-c3ccccc3)c2)CCO1. The van der Waals surface area contributed by atoms with Crippen LogP contribution in [0.2, 0.25) is 0 Å². The van der Waals surface area contributed by atoms with E-state index in [-0.39, 0.29) is 19.1 Å². The van der Waals surface area contributed by atoms with E-state index in [2.05, 4.69) is 5.10 Å². The van der Waals surface area contributed by atoms with Gasteiger partial charge in [-0.05, 0) is 18.2 Å². The number of nitrogens with zero attached hydrogens (tertiary/aromatic N) is 3. The molecule has 1 aromatic heterocycles. The van der Waals surface area contributed by atoms with Crippen molar-refractivity contribution in [2.75, 3.05) is 19.7 Å². The van der Waals surface area contributed by atoms with Gasteiger partial charge in [0.15, 0.2) is 6.10 Å². The molecule has 0 aliphatic carbocycles. The van der Waals surface area contributed by atoms with Crippen molar-refractivity contribution in [3.05, 3.63) is 54.4 Å². The molecule has 1 aliphatic heterocycles. The molecule has 124 valence electrons. The minimum Gasteiger partial charge on any atom is -0.479 e. The zero-order chi connectivity index (χ0) is 16.9. The van der Waals surface area contributed by atoms with Crippen molar-refractivity contribution >= 4 is 18.0 Å². The third-order valence-electron chi connectivity index (χ3n) is 3.70. The van der Waals surface area contributed by atoms with Crippen molar-refractivity contribution < 1.29 is 19.4 Å². The molecule has 0 spiro atoms. The van der Waals surface area contributed by atoms with Gasteiger partial charge in [0.2, 0.25) is 5.91 Å². The molecule has 7 heteroatoms. The Morgan fingerprint density at radius 1 is 1.29 bits per heavy atom. The van der Waals surface area contributed by atoms with Gasteiger partial charge in [-0.1, -0.05) is 18.2 Å². The van der Waals surface area contributed by atoms with Crippen LogP contribution < -0.4 is 0 Å². The quantitative estimate of drug-likeness (QED) is 0.853. The maximum Gasteiger partial charge on any atom is 0.334 e. The van der Waals surface area contributed by atoms with Crippen LogP contribution in [0.4, 0.5) is 0 Å². The molecule has 1 atom stereocenters. The number of rotatable bonds is 4. The van der Waals surface area contributed by atoms with E-state index < -0.39 is 12.1 Å². The average Bonchev–Trinajstić information content (AvgIpc) is 3.09. The summed E-state index contributed by atoms with van der Waals surface area (Å²) in [5.74, 6) is -1.29. The van der Waals surface area contributed by atoms with Crippen LogP contribution in [0.15, 0.2) is 48.8 Å². The highest BCUT2D eigenvalue weighted by Crippen LogP contribution is 2.10. The minimum absolute atomic E-state index is 0.0573. The smallest absolute Gasteiger partial charge is 0.334 e. The molecule has 1 aliphatic rings. The number of hydrogen-bond donors (Lipinski definition) is 1. The number of hydrogen-bond acceptors (Lipinski definition) is 4. The lowest BCUT2D eigenvalue weighted by molar-refractivity contribution is -0.158. The highest BCUT2D eigenvalue weighted by molar-refractivity contribution is 5.92. The first-order chi connectivity index (χ1) is 11.6. The second-order valence-electron chi connectivity index (χ2n) is 5.37. The van der Waals surface area contributed by atoms with Crippen molar-refractivity contribution in [2.45, 2.75) is 6.10 Å². The van der Waals surface area contributed by atoms with Crippen LogP contribution in [0.3, 0.4) is 0 Å². The van der Waals surface area contributed by atoms with Gasteiger partial charge in [-0.25, -0.2) is 9.48 Å². The zero-order valence-corrected chi connectivity index (χ0v) is 12.9. The molecule has 2 aromatic rings. The number of carbonyl (C=O) groups is 2. The Hall–Kier alpha value is -2.93. The topological polar surface area (TPSA) is 84.7 Å². The average molecular weight is 327 g/mol. The molecule has 1 unspecified atom stereocenters. The molecule has 2 heterocycles. The van der Waals surface area contributed by atoms with Gasteiger partial charge in [0.25, 0.3) is 0 Å². The maximum atomic E-state index is 12.2. The summed E-state index contributed by atoms with van der Waals surface area (Å²) < 4.78 is 6.83. The van der Waals surface area contributed by atoms with E-state index >= 15 is 0 Å². The number of para-hydroxylation sites is 1. The summed E-state index contributed by atoms with van der Waals surface area (Å²) >= 11 is 0. The molecule has 7 nitrogen and oxygen atoms in total. The van der Waals surface area contributed by atoms with Gasteiger partial charge >= 0.3 is 5.97 Å². The fraction of sp³-hybridized carbons (Fsp3) is 0.235. The Morgan fingerprint density at radius 2 is 2.08 bits per heavy atom. The van der Waals surface area contributed by atoms with E-state index in [1.807, 2.05) is 36.5 Å². The lowest BCUT2D eigenvalue weighted by Gasteiger charge is -2.30. The van der Waals surface area contributed by atoms with E-state index in [9.17, 15) is 9.59 Å². The second-order valence-corrected chi connectivity index (χ2v) is 5.37. The highest BCUT2D eigenvalue weighted by atomic mass is 16.5. The molecule has 24 heavy (non-hydrogen) atoms. The molecule has 1 saturated heterocycles. The molecule has 0 saturated carbocycles. The Morgan fingerprint density at radius 3 is 2.83 bits per heavy atom. The summed E-state index contributed by atoms with van der Waals surface area (Å²) in [6, 6.07) is 9.65. The maximum absolute atomic E-state index is 12.2. The first-order valence-corrected chi connectivity index (χ1v) is 7.55.